The van der Waals surface area contributed by atoms with Crippen LogP contribution in [-0.2, 0) is 13.1 Å². The van der Waals surface area contributed by atoms with Gasteiger partial charge in [-0.15, -0.1) is 11.3 Å². The number of aromatic nitrogens is 1. The van der Waals surface area contributed by atoms with Crippen LogP contribution in [0.1, 0.15) is 10.4 Å². The summed E-state index contributed by atoms with van der Waals surface area (Å²) in [5.41, 5.74) is 8.11. The van der Waals surface area contributed by atoms with E-state index in [1.54, 1.807) is 11.3 Å². The molecule has 0 fully saturated rings. The molecule has 0 radical (unpaired) electrons. The number of thiophene rings is 1. The van der Waals surface area contributed by atoms with Gasteiger partial charge in [0.2, 0.25) is 0 Å². The molecule has 0 saturated heterocycles. The average molecular weight is 242 g/mol. The van der Waals surface area contributed by atoms with Gasteiger partial charge in [0, 0.05) is 23.1 Å². The normalized spacial score (nSPS) is 11.1. The number of hydrogen-bond acceptors (Lipinski definition) is 2. The zero-order valence-electron chi connectivity index (χ0n) is 9.47. The van der Waals surface area contributed by atoms with Crippen molar-refractivity contribution in [1.29, 1.82) is 0 Å². The maximum atomic E-state index is 5.65. The second kappa shape index (κ2) is 4.35. The molecule has 0 unspecified atom stereocenters. The molecule has 0 saturated carbocycles. The van der Waals surface area contributed by atoms with Crippen LogP contribution in [0.15, 0.2) is 48.0 Å². The number of fused-ring (bicyclic) bond motifs is 1. The van der Waals surface area contributed by atoms with Crippen molar-refractivity contribution in [3.8, 4) is 0 Å². The third kappa shape index (κ3) is 1.99. The zero-order valence-corrected chi connectivity index (χ0v) is 10.3. The number of benzene rings is 1. The molecule has 0 amide bonds. The fourth-order valence-electron chi connectivity index (χ4n) is 2.08. The molecular weight excluding hydrogens is 228 g/mol. The van der Waals surface area contributed by atoms with Crippen LogP contribution in [0.5, 0.6) is 0 Å². The zero-order chi connectivity index (χ0) is 11.7. The van der Waals surface area contributed by atoms with E-state index in [0.717, 1.165) is 6.54 Å². The molecule has 0 aliphatic heterocycles. The van der Waals surface area contributed by atoms with Gasteiger partial charge in [0.15, 0.2) is 0 Å². The Morgan fingerprint density at radius 3 is 2.88 bits per heavy atom. The van der Waals surface area contributed by atoms with Crippen LogP contribution in [-0.4, -0.2) is 4.57 Å². The second-order valence-corrected chi connectivity index (χ2v) is 5.15. The molecule has 3 aromatic rings. The van der Waals surface area contributed by atoms with Crippen LogP contribution in [0.3, 0.4) is 0 Å². The minimum atomic E-state index is 0.603. The Morgan fingerprint density at radius 1 is 1.18 bits per heavy atom. The van der Waals surface area contributed by atoms with Crippen LogP contribution < -0.4 is 5.73 Å². The van der Waals surface area contributed by atoms with Gasteiger partial charge in [0.25, 0.3) is 0 Å². The molecule has 3 rings (SSSR count). The quantitative estimate of drug-likeness (QED) is 0.751. The van der Waals surface area contributed by atoms with E-state index in [-0.39, 0.29) is 0 Å². The molecule has 86 valence electrons. The highest BCUT2D eigenvalue weighted by atomic mass is 32.1. The molecule has 0 spiro atoms. The number of nitrogens with two attached hydrogens (primary N) is 1. The molecular formula is C14H14N2S. The lowest BCUT2D eigenvalue weighted by atomic mass is 10.1. The molecule has 0 bridgehead atoms. The van der Waals surface area contributed by atoms with E-state index in [2.05, 4.69) is 52.5 Å². The van der Waals surface area contributed by atoms with Crippen LogP contribution in [0.2, 0.25) is 0 Å². The standard InChI is InChI=1S/C14H14N2S/c15-9-11-3-4-14-12(8-11)5-6-16(14)10-13-2-1-7-17-13/h1-8H,9-10,15H2. The SMILES string of the molecule is NCc1ccc2c(ccn2Cc2cccs2)c1. The Kier molecular flexibility index (Phi) is 2.71. The molecule has 0 aliphatic carbocycles. The molecule has 3 heteroatoms. The Balaban J connectivity index is 2.00. The molecule has 17 heavy (non-hydrogen) atoms. The Hall–Kier alpha value is -1.58. The summed E-state index contributed by atoms with van der Waals surface area (Å²) in [6.07, 6.45) is 2.14. The molecule has 2 nitrogen and oxygen atoms in total. The lowest BCUT2D eigenvalue weighted by Crippen LogP contribution is -1.97. The lowest BCUT2D eigenvalue weighted by Gasteiger charge is -2.04. The van der Waals surface area contributed by atoms with E-state index < -0.39 is 0 Å². The fraction of sp³-hybridized carbons (Fsp3) is 0.143. The predicted molar refractivity (Wildman–Crippen MR) is 73.3 cm³/mol. The van der Waals surface area contributed by atoms with Gasteiger partial charge in [-0.2, -0.15) is 0 Å². The van der Waals surface area contributed by atoms with Crippen LogP contribution in [0.4, 0.5) is 0 Å². The first-order valence-corrected chi connectivity index (χ1v) is 6.55. The average Bonchev–Trinajstić information content (AvgIpc) is 2.99. The summed E-state index contributed by atoms with van der Waals surface area (Å²) in [7, 11) is 0. The monoisotopic (exact) mass is 242 g/mol. The number of nitrogens with zero attached hydrogens (tertiary/aromatic N) is 1. The van der Waals surface area contributed by atoms with Crippen molar-refractivity contribution in [2.75, 3.05) is 0 Å². The Labute approximate surface area is 104 Å². The molecule has 0 atom stereocenters. The van der Waals surface area contributed by atoms with Crippen molar-refractivity contribution in [2.45, 2.75) is 13.1 Å². The van der Waals surface area contributed by atoms with Crippen LogP contribution in [0.25, 0.3) is 10.9 Å². The summed E-state index contributed by atoms with van der Waals surface area (Å²) in [4.78, 5) is 1.38. The first kappa shape index (κ1) is 10.6. The minimum Gasteiger partial charge on any atom is -0.342 e. The topological polar surface area (TPSA) is 30.9 Å². The van der Waals surface area contributed by atoms with Gasteiger partial charge in [0.1, 0.15) is 0 Å². The third-order valence-electron chi connectivity index (χ3n) is 2.98. The van der Waals surface area contributed by atoms with Gasteiger partial charge in [0.05, 0.1) is 6.54 Å². The van der Waals surface area contributed by atoms with Crippen molar-refractivity contribution in [1.82, 2.24) is 4.57 Å². The van der Waals surface area contributed by atoms with Crippen LogP contribution in [0, 0.1) is 0 Å². The van der Waals surface area contributed by atoms with Crippen molar-refractivity contribution in [2.24, 2.45) is 5.73 Å². The highest BCUT2D eigenvalue weighted by Gasteiger charge is 2.03. The highest BCUT2D eigenvalue weighted by Crippen LogP contribution is 2.20. The molecule has 0 aliphatic rings. The molecule has 2 aromatic heterocycles. The van der Waals surface area contributed by atoms with E-state index in [0.29, 0.717) is 6.54 Å². The van der Waals surface area contributed by atoms with E-state index >= 15 is 0 Å². The summed E-state index contributed by atoms with van der Waals surface area (Å²) >= 11 is 1.80. The largest absolute Gasteiger partial charge is 0.342 e. The first-order valence-electron chi connectivity index (χ1n) is 5.67. The summed E-state index contributed by atoms with van der Waals surface area (Å²) < 4.78 is 2.28. The highest BCUT2D eigenvalue weighted by molar-refractivity contribution is 7.09. The van der Waals surface area contributed by atoms with E-state index in [9.17, 15) is 0 Å². The minimum absolute atomic E-state index is 0.603. The molecule has 2 N–H and O–H groups in total. The van der Waals surface area contributed by atoms with Crippen molar-refractivity contribution < 1.29 is 0 Å². The summed E-state index contributed by atoms with van der Waals surface area (Å²) in [6, 6.07) is 12.9. The summed E-state index contributed by atoms with van der Waals surface area (Å²) in [6.45, 7) is 1.55. The van der Waals surface area contributed by atoms with Gasteiger partial charge < -0.3 is 10.3 Å². The predicted octanol–water partition coefficient (Wildman–Crippen LogP) is 3.21. The lowest BCUT2D eigenvalue weighted by molar-refractivity contribution is 0.851. The molecule has 2 heterocycles. The second-order valence-electron chi connectivity index (χ2n) is 4.12. The smallest absolute Gasteiger partial charge is 0.0569 e. The van der Waals surface area contributed by atoms with Crippen molar-refractivity contribution >= 4 is 22.2 Å². The number of rotatable bonds is 3. The maximum absolute atomic E-state index is 5.65. The fourth-order valence-corrected chi connectivity index (χ4v) is 2.79. The summed E-state index contributed by atoms with van der Waals surface area (Å²) in [5, 5.41) is 3.39. The Morgan fingerprint density at radius 2 is 2.12 bits per heavy atom. The van der Waals surface area contributed by atoms with E-state index in [4.69, 9.17) is 5.73 Å². The van der Waals surface area contributed by atoms with Crippen LogP contribution >= 0.6 is 11.3 Å². The third-order valence-corrected chi connectivity index (χ3v) is 3.84. The maximum Gasteiger partial charge on any atom is 0.0569 e. The first-order chi connectivity index (χ1) is 8.36. The molecule has 1 aromatic carbocycles. The van der Waals surface area contributed by atoms with Gasteiger partial charge in [-0.05, 0) is 40.6 Å². The summed E-state index contributed by atoms with van der Waals surface area (Å²) in [5.74, 6) is 0. The van der Waals surface area contributed by atoms with Crippen molar-refractivity contribution in [3.63, 3.8) is 0 Å². The van der Waals surface area contributed by atoms with Gasteiger partial charge in [-0.3, -0.25) is 0 Å². The van der Waals surface area contributed by atoms with Gasteiger partial charge >= 0.3 is 0 Å². The van der Waals surface area contributed by atoms with Gasteiger partial charge in [-0.25, -0.2) is 0 Å². The van der Waals surface area contributed by atoms with E-state index in [1.807, 2.05) is 0 Å². The number of hydrogen-bond donors (Lipinski definition) is 1. The van der Waals surface area contributed by atoms with Gasteiger partial charge in [-0.1, -0.05) is 12.1 Å². The Bertz CT molecular complexity index is 623. The van der Waals surface area contributed by atoms with Crippen molar-refractivity contribution in [3.05, 3.63) is 58.4 Å². The van der Waals surface area contributed by atoms with E-state index in [1.165, 1.54) is 21.3 Å².